The van der Waals surface area contributed by atoms with Crippen LogP contribution < -0.4 is 0 Å². The van der Waals surface area contributed by atoms with Gasteiger partial charge in [-0.2, -0.15) is 5.26 Å². The maximum absolute atomic E-state index is 10.0. The average Bonchev–Trinajstić information content (AvgIpc) is 1.84. The third kappa shape index (κ3) is 5.34. The van der Waals surface area contributed by atoms with Crippen molar-refractivity contribution in [2.75, 3.05) is 6.54 Å². The topological polar surface area (TPSA) is 66.9 Å². The quantitative estimate of drug-likeness (QED) is 0.457. The predicted molar refractivity (Wildman–Crippen MR) is 40.4 cm³/mol. The van der Waals surface area contributed by atoms with Crippen LogP contribution in [0.5, 0.6) is 0 Å². The summed E-state index contributed by atoms with van der Waals surface area (Å²) in [7, 11) is 0. The molecule has 0 N–H and O–H groups in total. The largest absolute Gasteiger partial charge is 0.264 e. The Kier molecular flexibility index (Phi) is 4.20. The molecule has 0 aliphatic carbocycles. The van der Waals surface area contributed by atoms with Crippen LogP contribution in [0.1, 0.15) is 20.3 Å². The first-order valence-corrected chi connectivity index (χ1v) is 3.57. The van der Waals surface area contributed by atoms with E-state index in [4.69, 9.17) is 5.26 Å². The van der Waals surface area contributed by atoms with Gasteiger partial charge in [-0.05, 0) is 12.3 Å². The van der Waals surface area contributed by atoms with Gasteiger partial charge < -0.3 is 0 Å². The van der Waals surface area contributed by atoms with Gasteiger partial charge in [0, 0.05) is 4.92 Å². The molecule has 4 heteroatoms. The summed E-state index contributed by atoms with van der Waals surface area (Å²) in [5.41, 5.74) is 0. The summed E-state index contributed by atoms with van der Waals surface area (Å²) in [5, 5.41) is 18.5. The molecule has 0 bridgehead atoms. The Morgan fingerprint density at radius 1 is 1.64 bits per heavy atom. The highest BCUT2D eigenvalue weighted by molar-refractivity contribution is 4.82. The Morgan fingerprint density at radius 3 is 2.45 bits per heavy atom. The molecule has 0 aliphatic rings. The normalized spacial score (nSPS) is 12.5. The first-order valence-electron chi connectivity index (χ1n) is 3.57. The summed E-state index contributed by atoms with van der Waals surface area (Å²) in [6.07, 6.45) is 0.609. The SMILES string of the molecule is CC(C)C[C@@H](C#N)C[N+](=O)[O-]. The summed E-state index contributed by atoms with van der Waals surface area (Å²) in [6, 6.07) is 1.92. The van der Waals surface area contributed by atoms with Gasteiger partial charge in [0.05, 0.1) is 6.07 Å². The van der Waals surface area contributed by atoms with E-state index in [1.54, 1.807) is 0 Å². The predicted octanol–water partition coefficient (Wildman–Crippen LogP) is 1.45. The number of hydrogen-bond acceptors (Lipinski definition) is 3. The van der Waals surface area contributed by atoms with Crippen LogP contribution in [0.4, 0.5) is 0 Å². The first kappa shape index (κ1) is 9.89. The molecule has 0 rings (SSSR count). The molecular weight excluding hydrogens is 144 g/mol. The molecule has 0 aliphatic heterocycles. The molecule has 0 aromatic carbocycles. The number of nitro groups is 1. The molecule has 0 heterocycles. The zero-order chi connectivity index (χ0) is 8.85. The van der Waals surface area contributed by atoms with E-state index in [-0.39, 0.29) is 6.54 Å². The number of nitrogens with zero attached hydrogens (tertiary/aromatic N) is 2. The zero-order valence-corrected chi connectivity index (χ0v) is 6.78. The minimum absolute atomic E-state index is 0.228. The van der Waals surface area contributed by atoms with E-state index in [9.17, 15) is 10.1 Å². The van der Waals surface area contributed by atoms with Crippen molar-refractivity contribution in [2.24, 2.45) is 11.8 Å². The van der Waals surface area contributed by atoms with Gasteiger partial charge >= 0.3 is 0 Å². The van der Waals surface area contributed by atoms with Crippen LogP contribution in [-0.4, -0.2) is 11.5 Å². The fourth-order valence-electron chi connectivity index (χ4n) is 0.917. The van der Waals surface area contributed by atoms with Crippen molar-refractivity contribution < 1.29 is 4.92 Å². The maximum atomic E-state index is 10.0. The summed E-state index contributed by atoms with van der Waals surface area (Å²) < 4.78 is 0. The van der Waals surface area contributed by atoms with Gasteiger partial charge in [0.15, 0.2) is 0 Å². The van der Waals surface area contributed by atoms with E-state index in [0.29, 0.717) is 12.3 Å². The Bertz CT molecular complexity index is 172. The van der Waals surface area contributed by atoms with Crippen LogP contribution in [0.3, 0.4) is 0 Å². The molecule has 62 valence electrons. The van der Waals surface area contributed by atoms with Crippen LogP contribution in [0.15, 0.2) is 0 Å². The number of hydrogen-bond donors (Lipinski definition) is 0. The highest BCUT2D eigenvalue weighted by Gasteiger charge is 2.15. The molecule has 0 aromatic rings. The van der Waals surface area contributed by atoms with Gasteiger partial charge in [0.25, 0.3) is 0 Å². The molecular formula is C7H12N2O2. The van der Waals surface area contributed by atoms with Crippen molar-refractivity contribution in [3.05, 3.63) is 10.1 Å². The van der Waals surface area contributed by atoms with E-state index in [0.717, 1.165) is 0 Å². The summed E-state index contributed by atoms with van der Waals surface area (Å²) in [6.45, 7) is 3.67. The fourth-order valence-corrected chi connectivity index (χ4v) is 0.917. The van der Waals surface area contributed by atoms with E-state index in [1.165, 1.54) is 0 Å². The molecule has 0 fully saturated rings. The van der Waals surface area contributed by atoms with E-state index < -0.39 is 10.8 Å². The minimum atomic E-state index is -0.434. The van der Waals surface area contributed by atoms with Crippen molar-refractivity contribution in [2.45, 2.75) is 20.3 Å². The van der Waals surface area contributed by atoms with Gasteiger partial charge in [-0.15, -0.1) is 0 Å². The highest BCUT2D eigenvalue weighted by atomic mass is 16.6. The zero-order valence-electron chi connectivity index (χ0n) is 6.78. The van der Waals surface area contributed by atoms with Crippen LogP contribution in [0.2, 0.25) is 0 Å². The molecule has 4 nitrogen and oxygen atoms in total. The van der Waals surface area contributed by atoms with Crippen molar-refractivity contribution in [1.82, 2.24) is 0 Å². The lowest BCUT2D eigenvalue weighted by molar-refractivity contribution is -0.485. The lowest BCUT2D eigenvalue weighted by Gasteiger charge is -2.05. The fraction of sp³-hybridized carbons (Fsp3) is 0.857. The second kappa shape index (κ2) is 4.67. The molecule has 0 spiro atoms. The van der Waals surface area contributed by atoms with E-state index in [2.05, 4.69) is 0 Å². The Morgan fingerprint density at radius 2 is 2.18 bits per heavy atom. The molecule has 0 radical (unpaired) electrons. The Labute approximate surface area is 66.0 Å². The first-order chi connectivity index (χ1) is 5.06. The second-order valence-corrected chi connectivity index (χ2v) is 2.97. The monoisotopic (exact) mass is 156 g/mol. The lowest BCUT2D eigenvalue weighted by Crippen LogP contribution is -2.14. The number of rotatable bonds is 4. The van der Waals surface area contributed by atoms with Crippen LogP contribution in [-0.2, 0) is 0 Å². The Balaban J connectivity index is 3.79. The van der Waals surface area contributed by atoms with Crippen molar-refractivity contribution >= 4 is 0 Å². The van der Waals surface area contributed by atoms with Gasteiger partial charge in [0.1, 0.15) is 5.92 Å². The van der Waals surface area contributed by atoms with Gasteiger partial charge in [-0.1, -0.05) is 13.8 Å². The third-order valence-corrected chi connectivity index (χ3v) is 1.31. The van der Waals surface area contributed by atoms with Crippen molar-refractivity contribution in [3.63, 3.8) is 0 Å². The van der Waals surface area contributed by atoms with Crippen molar-refractivity contribution in [1.29, 1.82) is 5.26 Å². The molecule has 0 amide bonds. The summed E-state index contributed by atoms with van der Waals surface area (Å²) in [5.74, 6) is -0.0791. The average molecular weight is 156 g/mol. The summed E-state index contributed by atoms with van der Waals surface area (Å²) in [4.78, 5) is 9.57. The van der Waals surface area contributed by atoms with E-state index >= 15 is 0 Å². The second-order valence-electron chi connectivity index (χ2n) is 2.97. The van der Waals surface area contributed by atoms with Crippen LogP contribution in [0.25, 0.3) is 0 Å². The van der Waals surface area contributed by atoms with Crippen molar-refractivity contribution in [3.8, 4) is 6.07 Å². The van der Waals surface area contributed by atoms with Crippen LogP contribution >= 0.6 is 0 Å². The van der Waals surface area contributed by atoms with Gasteiger partial charge in [-0.3, -0.25) is 10.1 Å². The molecule has 0 aromatic heterocycles. The Hall–Kier alpha value is -1.11. The number of nitriles is 1. The lowest BCUT2D eigenvalue weighted by atomic mass is 9.99. The molecule has 1 atom stereocenters. The molecule has 11 heavy (non-hydrogen) atoms. The summed E-state index contributed by atoms with van der Waals surface area (Å²) >= 11 is 0. The molecule has 0 saturated carbocycles. The third-order valence-electron chi connectivity index (χ3n) is 1.31. The van der Waals surface area contributed by atoms with Gasteiger partial charge in [0.2, 0.25) is 6.54 Å². The van der Waals surface area contributed by atoms with Gasteiger partial charge in [-0.25, -0.2) is 0 Å². The standard InChI is InChI=1S/C7H12N2O2/c1-6(2)3-7(4-8)5-9(10)11/h6-7H,3,5H2,1-2H3/t7-/m0/s1. The minimum Gasteiger partial charge on any atom is -0.264 e. The van der Waals surface area contributed by atoms with Crippen LogP contribution in [0, 0.1) is 33.3 Å². The molecule has 0 saturated heterocycles. The van der Waals surface area contributed by atoms with E-state index in [1.807, 2.05) is 19.9 Å². The molecule has 0 unspecified atom stereocenters. The highest BCUT2D eigenvalue weighted by Crippen LogP contribution is 2.10. The smallest absolute Gasteiger partial charge is 0.219 e. The maximum Gasteiger partial charge on any atom is 0.219 e.